The normalized spacial score (nSPS) is 11.5. The zero-order chi connectivity index (χ0) is 25.2. The van der Waals surface area contributed by atoms with Crippen molar-refractivity contribution in [2.24, 2.45) is 0 Å². The van der Waals surface area contributed by atoms with Crippen LogP contribution in [0.5, 0.6) is 5.75 Å². The van der Waals surface area contributed by atoms with Crippen molar-refractivity contribution in [3.05, 3.63) is 62.3 Å². The quantitative estimate of drug-likeness (QED) is 0.0928. The molecule has 0 saturated heterocycles. The molecule has 0 radical (unpaired) electrons. The molecule has 2 N–H and O–H groups in total. The molecule has 34 heavy (non-hydrogen) atoms. The standard InChI is InChI=1S/C21H6Cl4I4O5/c22-12-4(3-9(30)31)11(13(23)15(25)14(12)24)10-5-1-7(26)18(32)16(28)20(5)34-21-6(10)2-8(27)19(33)17(21)29/h1-2,32H,3H2,(H,30,31). The lowest BCUT2D eigenvalue weighted by Gasteiger charge is -2.22. The molecule has 0 unspecified atom stereocenters. The summed E-state index contributed by atoms with van der Waals surface area (Å²) in [5.74, 6) is -0.888. The van der Waals surface area contributed by atoms with E-state index in [-0.39, 0.29) is 48.2 Å². The molecule has 0 saturated carbocycles. The highest BCUT2D eigenvalue weighted by atomic mass is 127. The van der Waals surface area contributed by atoms with Crippen LogP contribution in [-0.4, -0.2) is 16.2 Å². The van der Waals surface area contributed by atoms with Gasteiger partial charge in [-0.2, -0.15) is 0 Å². The second-order valence-electron chi connectivity index (χ2n) is 6.93. The monoisotopic (exact) mass is 986 g/mol. The average Bonchev–Trinajstić information content (AvgIpc) is 2.78. The number of fused-ring (bicyclic) bond motifs is 2. The molecule has 2 aromatic carbocycles. The Kier molecular flexibility index (Phi) is 8.36. The Labute approximate surface area is 266 Å². The number of phenolic OH excluding ortho intramolecular Hbond substituents is 1. The maximum Gasteiger partial charge on any atom is 0.307 e. The molecule has 2 aliphatic rings. The number of phenols is 1. The molecule has 1 aliphatic heterocycles. The molecule has 0 bridgehead atoms. The molecular weight excluding hydrogens is 982 g/mol. The smallest absolute Gasteiger partial charge is 0.307 e. The fraction of sp³-hybridized carbons (Fsp3) is 0.0476. The molecule has 13 heteroatoms. The van der Waals surface area contributed by atoms with E-state index in [1.165, 1.54) is 0 Å². The summed E-state index contributed by atoms with van der Waals surface area (Å²) < 4.78 is 7.83. The van der Waals surface area contributed by atoms with Gasteiger partial charge in [0.25, 0.3) is 0 Å². The third-order valence-electron chi connectivity index (χ3n) is 4.97. The maximum absolute atomic E-state index is 12.7. The van der Waals surface area contributed by atoms with Crippen molar-refractivity contribution < 1.29 is 19.4 Å². The van der Waals surface area contributed by atoms with Crippen LogP contribution in [0.1, 0.15) is 5.56 Å². The minimum atomic E-state index is -1.15. The molecule has 0 spiro atoms. The molecule has 2 aromatic rings. The van der Waals surface area contributed by atoms with E-state index in [4.69, 9.17) is 50.8 Å². The summed E-state index contributed by atoms with van der Waals surface area (Å²) in [6.07, 6.45) is -0.486. The number of carbonyl (C=O) groups is 1. The molecule has 5 nitrogen and oxygen atoms in total. The van der Waals surface area contributed by atoms with Crippen molar-refractivity contribution in [2.45, 2.75) is 6.42 Å². The first-order valence-corrected chi connectivity index (χ1v) is 14.7. The number of hydrogen-bond acceptors (Lipinski definition) is 4. The number of hydrogen-bond donors (Lipinski definition) is 2. The van der Waals surface area contributed by atoms with Gasteiger partial charge in [-0.3, -0.25) is 9.59 Å². The van der Waals surface area contributed by atoms with Crippen LogP contribution in [0.3, 0.4) is 0 Å². The summed E-state index contributed by atoms with van der Waals surface area (Å²) in [6.45, 7) is 0. The van der Waals surface area contributed by atoms with E-state index in [9.17, 15) is 19.8 Å². The molecule has 0 fully saturated rings. The Hall–Kier alpha value is 0.480. The van der Waals surface area contributed by atoms with E-state index < -0.39 is 12.4 Å². The van der Waals surface area contributed by atoms with E-state index in [1.807, 2.05) is 90.4 Å². The zero-order valence-electron chi connectivity index (χ0n) is 16.0. The van der Waals surface area contributed by atoms with Crippen LogP contribution in [0, 0.1) is 14.3 Å². The molecular formula is C21H6Cl4I4O5. The van der Waals surface area contributed by atoms with Gasteiger partial charge in [-0.15, -0.1) is 0 Å². The van der Waals surface area contributed by atoms with Gasteiger partial charge in [0, 0.05) is 22.1 Å². The average molecular weight is 988 g/mol. The summed E-state index contributed by atoms with van der Waals surface area (Å²) in [5, 5.41) is 20.6. The van der Waals surface area contributed by atoms with Crippen molar-refractivity contribution in [3.8, 4) is 28.2 Å². The van der Waals surface area contributed by atoms with Gasteiger partial charge in [0.1, 0.15) is 9.32 Å². The van der Waals surface area contributed by atoms with Gasteiger partial charge in [0.2, 0.25) is 5.43 Å². The van der Waals surface area contributed by atoms with Crippen LogP contribution in [0.2, 0.25) is 20.1 Å². The van der Waals surface area contributed by atoms with Gasteiger partial charge < -0.3 is 14.6 Å². The highest BCUT2D eigenvalue weighted by molar-refractivity contribution is 14.1. The van der Waals surface area contributed by atoms with E-state index in [0.717, 1.165) is 0 Å². The maximum atomic E-state index is 12.7. The minimum absolute atomic E-state index is 0.00893. The number of carboxylic acids is 1. The number of halogens is 8. The second-order valence-corrected chi connectivity index (χ2v) is 12.9. The van der Waals surface area contributed by atoms with E-state index in [0.29, 0.717) is 36.4 Å². The molecule has 0 atom stereocenters. The van der Waals surface area contributed by atoms with Crippen molar-refractivity contribution in [3.63, 3.8) is 0 Å². The van der Waals surface area contributed by atoms with Crippen LogP contribution in [0.4, 0.5) is 0 Å². The molecule has 4 rings (SSSR count). The SMILES string of the molecule is O=C(O)Cc1c(Cl)c(Cl)c(Cl)c(Cl)c1-c1c2cc(I)c(=O)c(I)c-2oc2c(I)c(O)c(I)cc12. The highest BCUT2D eigenvalue weighted by Crippen LogP contribution is 2.52. The molecule has 0 aromatic heterocycles. The van der Waals surface area contributed by atoms with Crippen LogP contribution < -0.4 is 5.43 Å². The molecule has 176 valence electrons. The number of benzene rings is 3. The minimum Gasteiger partial charge on any atom is -0.506 e. The Morgan fingerprint density at radius 3 is 2.12 bits per heavy atom. The largest absolute Gasteiger partial charge is 0.506 e. The first-order valence-electron chi connectivity index (χ1n) is 8.89. The van der Waals surface area contributed by atoms with Crippen molar-refractivity contribution >= 4 is 154 Å². The van der Waals surface area contributed by atoms with Gasteiger partial charge in [-0.05, 0) is 108 Å². The fourth-order valence-electron chi connectivity index (χ4n) is 3.52. The number of aromatic hydroxyl groups is 1. The zero-order valence-corrected chi connectivity index (χ0v) is 27.7. The predicted molar refractivity (Wildman–Crippen MR) is 168 cm³/mol. The summed E-state index contributed by atoms with van der Waals surface area (Å²) in [6, 6.07) is 3.33. The molecule has 1 heterocycles. The van der Waals surface area contributed by atoms with Crippen LogP contribution in [0.25, 0.3) is 33.4 Å². The predicted octanol–water partition coefficient (Wildman–Crippen LogP) is 8.93. The Morgan fingerprint density at radius 2 is 1.50 bits per heavy atom. The van der Waals surface area contributed by atoms with Gasteiger partial charge in [-0.1, -0.05) is 46.4 Å². The summed E-state index contributed by atoms with van der Waals surface area (Å²) >= 11 is 33.6. The van der Waals surface area contributed by atoms with Gasteiger partial charge in [0.05, 0.1) is 37.2 Å². The number of carboxylic acid groups (broad SMARTS) is 1. The van der Waals surface area contributed by atoms with Crippen LogP contribution in [0.15, 0.2) is 21.3 Å². The summed E-state index contributed by atoms with van der Waals surface area (Å²) in [5.41, 5.74) is 1.45. The lowest BCUT2D eigenvalue weighted by atomic mass is 9.89. The van der Waals surface area contributed by atoms with Crippen LogP contribution >= 0.6 is 137 Å². The third kappa shape index (κ3) is 4.51. The third-order valence-corrected chi connectivity index (χ3v) is 10.4. The van der Waals surface area contributed by atoms with Crippen LogP contribution in [-0.2, 0) is 11.2 Å². The van der Waals surface area contributed by atoms with Gasteiger partial charge >= 0.3 is 5.97 Å². The number of aliphatic carboxylic acids is 1. The van der Waals surface area contributed by atoms with E-state index in [1.54, 1.807) is 12.1 Å². The summed E-state index contributed by atoms with van der Waals surface area (Å²) in [7, 11) is 0. The van der Waals surface area contributed by atoms with E-state index >= 15 is 0 Å². The highest BCUT2D eigenvalue weighted by Gasteiger charge is 2.30. The Morgan fingerprint density at radius 1 is 0.882 bits per heavy atom. The second kappa shape index (κ2) is 10.3. The topological polar surface area (TPSA) is 87.7 Å². The fourth-order valence-corrected chi connectivity index (χ4v) is 8.15. The Balaban J connectivity index is 2.39. The van der Waals surface area contributed by atoms with Gasteiger partial charge in [0.15, 0.2) is 11.3 Å². The van der Waals surface area contributed by atoms with Crippen molar-refractivity contribution in [1.82, 2.24) is 0 Å². The van der Waals surface area contributed by atoms with Crippen molar-refractivity contribution in [2.75, 3.05) is 0 Å². The Bertz CT molecular complexity index is 1590. The first kappa shape index (κ1) is 27.5. The van der Waals surface area contributed by atoms with Crippen molar-refractivity contribution in [1.29, 1.82) is 0 Å². The molecule has 1 aliphatic carbocycles. The lowest BCUT2D eigenvalue weighted by Crippen LogP contribution is -2.13. The molecule has 0 amide bonds. The lowest BCUT2D eigenvalue weighted by molar-refractivity contribution is -0.136. The first-order chi connectivity index (χ1) is 15.9. The number of rotatable bonds is 3. The van der Waals surface area contributed by atoms with E-state index in [2.05, 4.69) is 0 Å². The summed E-state index contributed by atoms with van der Waals surface area (Å²) in [4.78, 5) is 24.5. The van der Waals surface area contributed by atoms with Gasteiger partial charge in [-0.25, -0.2) is 0 Å².